The highest BCUT2D eigenvalue weighted by atomic mass is 35.5. The first-order valence-electron chi connectivity index (χ1n) is 3.13. The molecule has 56 valence electrons. The molecule has 0 amide bonds. The van der Waals surface area contributed by atoms with Gasteiger partial charge in [0.25, 0.3) is 0 Å². The third-order valence-electron chi connectivity index (χ3n) is 1.54. The molecule has 0 aliphatic carbocycles. The fraction of sp³-hybridized carbons (Fsp3) is 0.143. The van der Waals surface area contributed by atoms with E-state index in [-0.39, 0.29) is 5.92 Å². The van der Waals surface area contributed by atoms with Crippen LogP contribution in [0.5, 0.6) is 0 Å². The third-order valence-corrected chi connectivity index (χ3v) is 2.08. The van der Waals surface area contributed by atoms with E-state index < -0.39 is 0 Å². The third kappa shape index (κ3) is 1.12. The average Bonchev–Trinajstić information content (AvgIpc) is 2.34. The first-order chi connectivity index (χ1) is 5.27. The Labute approximate surface area is 73.9 Å². The van der Waals surface area contributed by atoms with Gasteiger partial charge in [-0.2, -0.15) is 0 Å². The number of hydrogen-bond acceptors (Lipinski definition) is 2. The number of rotatable bonds is 0. The highest BCUT2D eigenvalue weighted by molar-refractivity contribution is 6.70. The number of hydrogen-bond donors (Lipinski definition) is 0. The van der Waals surface area contributed by atoms with Crippen molar-refractivity contribution in [2.24, 2.45) is 15.9 Å². The van der Waals surface area contributed by atoms with E-state index in [9.17, 15) is 0 Å². The van der Waals surface area contributed by atoms with Crippen molar-refractivity contribution < 1.29 is 0 Å². The first kappa shape index (κ1) is 7.07. The Morgan fingerprint density at radius 1 is 1.36 bits per heavy atom. The second kappa shape index (κ2) is 2.47. The normalized spacial score (nSPS) is 27.5. The van der Waals surface area contributed by atoms with Gasteiger partial charge in [0.1, 0.15) is 11.0 Å². The fourth-order valence-electron chi connectivity index (χ4n) is 1.03. The molecule has 0 saturated heterocycles. The lowest BCUT2D eigenvalue weighted by molar-refractivity contribution is 1.11. The summed E-state index contributed by atoms with van der Waals surface area (Å²) in [4.78, 5) is 8.00. The van der Waals surface area contributed by atoms with Crippen molar-refractivity contribution >= 4 is 34.2 Å². The number of fused-ring (bicyclic) bond motifs is 1. The van der Waals surface area contributed by atoms with Gasteiger partial charge in [-0.1, -0.05) is 29.3 Å². The minimum atomic E-state index is 0.0409. The topological polar surface area (TPSA) is 24.7 Å². The van der Waals surface area contributed by atoms with E-state index in [4.69, 9.17) is 23.2 Å². The minimum absolute atomic E-state index is 0.0409. The van der Waals surface area contributed by atoms with E-state index in [1.165, 1.54) is 0 Å². The average molecular weight is 187 g/mol. The zero-order valence-corrected chi connectivity index (χ0v) is 6.97. The molecule has 0 spiro atoms. The summed E-state index contributed by atoms with van der Waals surface area (Å²) in [6.45, 7) is 0. The molecule has 0 aromatic heterocycles. The Bertz CT molecular complexity index is 312. The molecule has 1 atom stereocenters. The van der Waals surface area contributed by atoms with E-state index in [1.54, 1.807) is 12.3 Å². The van der Waals surface area contributed by atoms with Gasteiger partial charge in [0.05, 0.1) is 5.92 Å². The number of dihydropyridines is 1. The highest BCUT2D eigenvalue weighted by Gasteiger charge is 2.23. The van der Waals surface area contributed by atoms with Gasteiger partial charge in [0, 0.05) is 11.2 Å². The van der Waals surface area contributed by atoms with Crippen molar-refractivity contribution in [2.75, 3.05) is 0 Å². The number of allylic oxidation sites excluding steroid dienone is 1. The number of halogens is 2. The van der Waals surface area contributed by atoms with Crippen LogP contribution in [0.1, 0.15) is 0 Å². The summed E-state index contributed by atoms with van der Waals surface area (Å²) in [5.41, 5.74) is 0. The Balaban J connectivity index is 2.45. The lowest BCUT2D eigenvalue weighted by Gasteiger charge is -2.11. The molecular formula is C7H4Cl2N2. The second-order valence-electron chi connectivity index (χ2n) is 2.27. The maximum absolute atomic E-state index is 5.88. The lowest BCUT2D eigenvalue weighted by atomic mass is 10.1. The minimum Gasteiger partial charge on any atom is -0.241 e. The molecule has 2 nitrogen and oxygen atoms in total. The van der Waals surface area contributed by atoms with Crippen molar-refractivity contribution in [3.63, 3.8) is 0 Å². The molecule has 0 fully saturated rings. The van der Waals surface area contributed by atoms with Crippen molar-refractivity contribution in [1.29, 1.82) is 0 Å². The molecule has 0 aromatic rings. The van der Waals surface area contributed by atoms with Gasteiger partial charge >= 0.3 is 0 Å². The summed E-state index contributed by atoms with van der Waals surface area (Å²) in [5.74, 6) is 0.724. The van der Waals surface area contributed by atoms with Crippen LogP contribution >= 0.6 is 23.2 Å². The quantitative estimate of drug-likeness (QED) is 0.555. The molecule has 0 bridgehead atoms. The van der Waals surface area contributed by atoms with Crippen molar-refractivity contribution in [3.8, 4) is 0 Å². The van der Waals surface area contributed by atoms with Crippen molar-refractivity contribution in [3.05, 3.63) is 23.4 Å². The molecular weight excluding hydrogens is 183 g/mol. The Kier molecular flexibility index (Phi) is 1.59. The molecule has 2 heterocycles. The van der Waals surface area contributed by atoms with Gasteiger partial charge < -0.3 is 0 Å². The molecule has 4 heteroatoms. The van der Waals surface area contributed by atoms with Gasteiger partial charge in [0.2, 0.25) is 0 Å². The van der Waals surface area contributed by atoms with E-state index in [2.05, 4.69) is 9.98 Å². The molecule has 2 rings (SSSR count). The zero-order chi connectivity index (χ0) is 7.84. The summed E-state index contributed by atoms with van der Waals surface area (Å²) in [7, 11) is 0. The molecule has 2 aliphatic heterocycles. The molecule has 11 heavy (non-hydrogen) atoms. The molecule has 0 N–H and O–H groups in total. The molecule has 0 saturated carbocycles. The fourth-order valence-corrected chi connectivity index (χ4v) is 1.56. The summed E-state index contributed by atoms with van der Waals surface area (Å²) < 4.78 is 0. The van der Waals surface area contributed by atoms with Gasteiger partial charge in [-0.05, 0) is 6.08 Å². The van der Waals surface area contributed by atoms with E-state index in [1.807, 2.05) is 6.08 Å². The second-order valence-corrected chi connectivity index (χ2v) is 3.09. The van der Waals surface area contributed by atoms with Crippen LogP contribution in [0.15, 0.2) is 33.4 Å². The van der Waals surface area contributed by atoms with Crippen LogP contribution < -0.4 is 0 Å². The van der Waals surface area contributed by atoms with Gasteiger partial charge in [-0.3, -0.25) is 0 Å². The lowest BCUT2D eigenvalue weighted by Crippen LogP contribution is -2.13. The zero-order valence-electron chi connectivity index (χ0n) is 5.46. The standard InChI is InChI=1S/C7H4Cl2N2/c8-5-3-6(9)11-7-4(5)1-2-10-7/h1-4H/t4-/m1/s1. The Morgan fingerprint density at radius 2 is 2.18 bits per heavy atom. The number of amidine groups is 1. The van der Waals surface area contributed by atoms with Crippen molar-refractivity contribution in [1.82, 2.24) is 0 Å². The van der Waals surface area contributed by atoms with Crippen molar-refractivity contribution in [2.45, 2.75) is 0 Å². The number of aliphatic imine (C=N–C) groups is 2. The number of nitrogens with zero attached hydrogens (tertiary/aromatic N) is 2. The Hall–Kier alpha value is -0.600. The summed E-state index contributed by atoms with van der Waals surface area (Å²) >= 11 is 11.5. The van der Waals surface area contributed by atoms with Crippen LogP contribution in [0.3, 0.4) is 0 Å². The molecule has 2 aliphatic rings. The molecule has 0 unspecified atom stereocenters. The molecule has 0 radical (unpaired) electrons. The summed E-state index contributed by atoms with van der Waals surface area (Å²) in [6.07, 6.45) is 5.22. The van der Waals surface area contributed by atoms with Gasteiger partial charge in [-0.15, -0.1) is 0 Å². The summed E-state index contributed by atoms with van der Waals surface area (Å²) in [5, 5.41) is 1.08. The monoisotopic (exact) mass is 186 g/mol. The Morgan fingerprint density at radius 3 is 3.00 bits per heavy atom. The smallest absolute Gasteiger partial charge is 0.142 e. The summed E-state index contributed by atoms with van der Waals surface area (Å²) in [6, 6.07) is 0. The van der Waals surface area contributed by atoms with Gasteiger partial charge in [-0.25, -0.2) is 9.98 Å². The van der Waals surface area contributed by atoms with E-state index in [0.717, 1.165) is 0 Å². The predicted molar refractivity (Wildman–Crippen MR) is 47.3 cm³/mol. The van der Waals surface area contributed by atoms with E-state index in [0.29, 0.717) is 16.0 Å². The van der Waals surface area contributed by atoms with Crippen LogP contribution in [0.25, 0.3) is 0 Å². The van der Waals surface area contributed by atoms with Crippen LogP contribution in [0, 0.1) is 5.92 Å². The van der Waals surface area contributed by atoms with Gasteiger partial charge in [0.15, 0.2) is 0 Å². The van der Waals surface area contributed by atoms with Crippen LogP contribution in [-0.4, -0.2) is 11.0 Å². The highest BCUT2D eigenvalue weighted by Crippen LogP contribution is 2.27. The maximum atomic E-state index is 5.88. The largest absolute Gasteiger partial charge is 0.241 e. The molecule has 0 aromatic carbocycles. The maximum Gasteiger partial charge on any atom is 0.142 e. The van der Waals surface area contributed by atoms with E-state index >= 15 is 0 Å². The van der Waals surface area contributed by atoms with Crippen LogP contribution in [0.2, 0.25) is 0 Å². The van der Waals surface area contributed by atoms with Crippen LogP contribution in [-0.2, 0) is 0 Å². The first-order valence-corrected chi connectivity index (χ1v) is 3.88. The SMILES string of the molecule is ClC1=CC(Cl)=NC2=NC=C[C@H]12. The van der Waals surface area contributed by atoms with Crippen LogP contribution in [0.4, 0.5) is 0 Å². The predicted octanol–water partition coefficient (Wildman–Crippen LogP) is 2.30.